The van der Waals surface area contributed by atoms with Crippen molar-refractivity contribution in [3.63, 3.8) is 0 Å². The molecule has 1 heterocycles. The largest absolute Gasteiger partial charge is 0.360 e. The van der Waals surface area contributed by atoms with Crippen molar-refractivity contribution in [2.75, 3.05) is 4.90 Å². The van der Waals surface area contributed by atoms with Crippen LogP contribution in [0.4, 0.5) is 5.69 Å². The molecular weight excluding hydrogens is 216 g/mol. The molecule has 1 fully saturated rings. The zero-order valence-electron chi connectivity index (χ0n) is 9.44. The van der Waals surface area contributed by atoms with Gasteiger partial charge in [-0.2, -0.15) is 0 Å². The predicted octanol–water partition coefficient (Wildman–Crippen LogP) is 2.47. The van der Waals surface area contributed by atoms with Crippen molar-refractivity contribution in [3.8, 4) is 0 Å². The molecule has 0 saturated heterocycles. The Hall–Kier alpha value is -1.09. The summed E-state index contributed by atoms with van der Waals surface area (Å²) in [7, 11) is 0. The van der Waals surface area contributed by atoms with Crippen LogP contribution in [0.1, 0.15) is 25.3 Å². The highest BCUT2D eigenvalue weighted by Gasteiger charge is 2.31. The fourth-order valence-electron chi connectivity index (χ4n) is 2.35. The maximum atomic E-state index is 5.50. The van der Waals surface area contributed by atoms with Crippen molar-refractivity contribution in [1.29, 1.82) is 0 Å². The molecule has 16 heavy (non-hydrogen) atoms. The van der Waals surface area contributed by atoms with E-state index in [0.717, 1.165) is 11.5 Å². The number of hydrogen-bond acceptors (Lipinski definition) is 1. The second-order valence-electron chi connectivity index (χ2n) is 4.78. The predicted molar refractivity (Wildman–Crippen MR) is 70.8 cm³/mol. The van der Waals surface area contributed by atoms with Crippen LogP contribution >= 0.6 is 12.2 Å². The Balaban J connectivity index is 1.85. The number of benzene rings is 1. The molecule has 2 nitrogen and oxygen atoms in total. The number of nitrogens with zero attached hydrogens (tertiary/aromatic N) is 1. The molecule has 0 bridgehead atoms. The van der Waals surface area contributed by atoms with Crippen LogP contribution in [0, 0.1) is 0 Å². The summed E-state index contributed by atoms with van der Waals surface area (Å²) in [5, 5.41) is 4.33. The van der Waals surface area contributed by atoms with Gasteiger partial charge in [0.1, 0.15) is 0 Å². The summed E-state index contributed by atoms with van der Waals surface area (Å²) < 4.78 is 0. The van der Waals surface area contributed by atoms with E-state index in [9.17, 15) is 0 Å². The van der Waals surface area contributed by atoms with E-state index in [-0.39, 0.29) is 0 Å². The Kier molecular flexibility index (Phi) is 2.36. The van der Waals surface area contributed by atoms with Crippen molar-refractivity contribution in [2.24, 2.45) is 0 Å². The van der Waals surface area contributed by atoms with Gasteiger partial charge in [0.15, 0.2) is 5.11 Å². The Morgan fingerprint density at radius 3 is 2.88 bits per heavy atom. The van der Waals surface area contributed by atoms with Gasteiger partial charge in [-0.05, 0) is 50.0 Å². The fourth-order valence-corrected chi connectivity index (χ4v) is 2.79. The van der Waals surface area contributed by atoms with Crippen molar-refractivity contribution in [2.45, 2.75) is 38.3 Å². The molecule has 3 rings (SSSR count). The van der Waals surface area contributed by atoms with Crippen LogP contribution < -0.4 is 10.2 Å². The Bertz CT molecular complexity index is 426. The van der Waals surface area contributed by atoms with Gasteiger partial charge in [0, 0.05) is 17.8 Å². The van der Waals surface area contributed by atoms with Gasteiger partial charge in [-0.1, -0.05) is 18.2 Å². The molecule has 0 spiro atoms. The quantitative estimate of drug-likeness (QED) is 0.749. The summed E-state index contributed by atoms with van der Waals surface area (Å²) in [5.41, 5.74) is 2.70. The minimum absolute atomic E-state index is 0.483. The maximum absolute atomic E-state index is 5.50. The zero-order chi connectivity index (χ0) is 11.1. The monoisotopic (exact) mass is 232 g/mol. The lowest BCUT2D eigenvalue weighted by molar-refractivity contribution is 0.754. The van der Waals surface area contributed by atoms with Crippen LogP contribution in [0.15, 0.2) is 24.3 Å². The molecule has 2 aliphatic rings. The van der Waals surface area contributed by atoms with Gasteiger partial charge in [-0.15, -0.1) is 0 Å². The van der Waals surface area contributed by atoms with Crippen molar-refractivity contribution >= 4 is 23.0 Å². The fraction of sp³-hybridized carbons (Fsp3) is 0.462. The molecule has 0 radical (unpaired) electrons. The van der Waals surface area contributed by atoms with Crippen molar-refractivity contribution in [1.82, 2.24) is 5.32 Å². The Morgan fingerprint density at radius 1 is 1.38 bits per heavy atom. The van der Waals surface area contributed by atoms with Crippen LogP contribution in [-0.4, -0.2) is 17.2 Å². The molecule has 84 valence electrons. The molecule has 1 aromatic carbocycles. The average Bonchev–Trinajstić information content (AvgIpc) is 2.98. The standard InChI is InChI=1S/C13H16N2S/c1-9-8-10-4-2-3-5-12(10)15(9)13(16)14-11-6-7-11/h2-5,9,11H,6-8H2,1H3,(H,14,16)/t9-/m0/s1. The SMILES string of the molecule is C[C@H]1Cc2ccccc2N1C(=S)NC1CC1. The van der Waals surface area contributed by atoms with E-state index in [2.05, 4.69) is 41.4 Å². The van der Waals surface area contributed by atoms with Gasteiger partial charge in [0.2, 0.25) is 0 Å². The summed E-state index contributed by atoms with van der Waals surface area (Å²) in [5.74, 6) is 0. The number of rotatable bonds is 1. The molecule has 1 saturated carbocycles. The van der Waals surface area contributed by atoms with Gasteiger partial charge < -0.3 is 10.2 Å². The smallest absolute Gasteiger partial charge is 0.173 e. The Labute approximate surface area is 102 Å². The summed E-state index contributed by atoms with van der Waals surface area (Å²) >= 11 is 5.50. The molecule has 0 amide bonds. The lowest BCUT2D eigenvalue weighted by Gasteiger charge is -2.26. The molecule has 0 aromatic heterocycles. The van der Waals surface area contributed by atoms with Crippen molar-refractivity contribution in [3.05, 3.63) is 29.8 Å². The number of para-hydroxylation sites is 1. The van der Waals surface area contributed by atoms with E-state index in [1.165, 1.54) is 24.1 Å². The normalized spacial score (nSPS) is 23.1. The summed E-state index contributed by atoms with van der Waals surface area (Å²) in [6, 6.07) is 9.67. The minimum atomic E-state index is 0.483. The second-order valence-corrected chi connectivity index (χ2v) is 5.16. The highest BCUT2D eigenvalue weighted by atomic mass is 32.1. The second kappa shape index (κ2) is 3.74. The van der Waals surface area contributed by atoms with Crippen LogP contribution in [0.5, 0.6) is 0 Å². The third kappa shape index (κ3) is 1.69. The van der Waals surface area contributed by atoms with Gasteiger partial charge in [0.05, 0.1) is 0 Å². The molecule has 1 atom stereocenters. The zero-order valence-corrected chi connectivity index (χ0v) is 10.3. The lowest BCUT2D eigenvalue weighted by atomic mass is 10.1. The first kappa shape index (κ1) is 10.1. The van der Waals surface area contributed by atoms with E-state index < -0.39 is 0 Å². The highest BCUT2D eigenvalue weighted by molar-refractivity contribution is 7.80. The van der Waals surface area contributed by atoms with Crippen molar-refractivity contribution < 1.29 is 0 Å². The number of thiocarbonyl (C=S) groups is 1. The summed E-state index contributed by atoms with van der Waals surface area (Å²) in [4.78, 5) is 2.27. The van der Waals surface area contributed by atoms with E-state index >= 15 is 0 Å². The topological polar surface area (TPSA) is 15.3 Å². The molecule has 0 unspecified atom stereocenters. The van der Waals surface area contributed by atoms with Crippen LogP contribution in [0.25, 0.3) is 0 Å². The number of nitrogens with one attached hydrogen (secondary N) is 1. The van der Waals surface area contributed by atoms with Gasteiger partial charge in [-0.3, -0.25) is 0 Å². The first-order valence-electron chi connectivity index (χ1n) is 5.93. The van der Waals surface area contributed by atoms with Crippen LogP contribution in [0.2, 0.25) is 0 Å². The van der Waals surface area contributed by atoms with Crippen LogP contribution in [-0.2, 0) is 6.42 Å². The summed E-state index contributed by atoms with van der Waals surface area (Å²) in [6.45, 7) is 2.24. The molecule has 1 aliphatic carbocycles. The lowest BCUT2D eigenvalue weighted by Crippen LogP contribution is -2.43. The minimum Gasteiger partial charge on any atom is -0.360 e. The van der Waals surface area contributed by atoms with E-state index in [4.69, 9.17) is 12.2 Å². The van der Waals surface area contributed by atoms with Crippen LogP contribution in [0.3, 0.4) is 0 Å². The van der Waals surface area contributed by atoms with Gasteiger partial charge >= 0.3 is 0 Å². The third-order valence-electron chi connectivity index (χ3n) is 3.33. The number of fused-ring (bicyclic) bond motifs is 1. The maximum Gasteiger partial charge on any atom is 0.173 e. The highest BCUT2D eigenvalue weighted by Crippen LogP contribution is 2.32. The Morgan fingerprint density at radius 2 is 2.12 bits per heavy atom. The average molecular weight is 232 g/mol. The first-order chi connectivity index (χ1) is 7.75. The van der Waals surface area contributed by atoms with E-state index in [0.29, 0.717) is 12.1 Å². The third-order valence-corrected chi connectivity index (χ3v) is 3.65. The molecular formula is C13H16N2S. The summed E-state index contributed by atoms with van der Waals surface area (Å²) in [6.07, 6.45) is 3.64. The molecule has 3 heteroatoms. The van der Waals surface area contributed by atoms with E-state index in [1.807, 2.05) is 0 Å². The molecule has 1 N–H and O–H groups in total. The molecule has 1 aromatic rings. The first-order valence-corrected chi connectivity index (χ1v) is 6.34. The number of hydrogen-bond donors (Lipinski definition) is 1. The van der Waals surface area contributed by atoms with Gasteiger partial charge in [0.25, 0.3) is 0 Å². The van der Waals surface area contributed by atoms with Gasteiger partial charge in [-0.25, -0.2) is 0 Å². The molecule has 1 aliphatic heterocycles. The van der Waals surface area contributed by atoms with E-state index in [1.54, 1.807) is 0 Å². The number of anilines is 1.